The van der Waals surface area contributed by atoms with Gasteiger partial charge in [-0.25, -0.2) is 9.78 Å². The first-order chi connectivity index (χ1) is 13.7. The summed E-state index contributed by atoms with van der Waals surface area (Å²) in [6.45, 7) is 0.493. The molecule has 0 aliphatic rings. The van der Waals surface area contributed by atoms with E-state index in [4.69, 9.17) is 4.74 Å². The number of carbonyl (C=O) groups is 1. The molecule has 0 bridgehead atoms. The Morgan fingerprint density at radius 3 is 2.45 bits per heavy atom. The molecule has 0 saturated heterocycles. The zero-order valence-corrected chi connectivity index (χ0v) is 15.3. The van der Waals surface area contributed by atoms with Crippen LogP contribution in [0, 0.1) is 0 Å². The summed E-state index contributed by atoms with van der Waals surface area (Å²) in [4.78, 5) is 17.1. The van der Waals surface area contributed by atoms with Gasteiger partial charge in [0.2, 0.25) is 5.88 Å². The maximum Gasteiger partial charge on any atom is 0.416 e. The van der Waals surface area contributed by atoms with E-state index < -0.39 is 17.7 Å². The predicted molar refractivity (Wildman–Crippen MR) is 101 cm³/mol. The van der Waals surface area contributed by atoms with E-state index in [9.17, 15) is 23.1 Å². The molecular weight excluding hydrogens is 385 g/mol. The number of halogens is 3. The summed E-state index contributed by atoms with van der Waals surface area (Å²) in [7, 11) is 1.77. The zero-order valence-electron chi connectivity index (χ0n) is 15.3. The molecule has 0 radical (unpaired) electrons. The van der Waals surface area contributed by atoms with Crippen molar-refractivity contribution in [2.24, 2.45) is 0 Å². The van der Waals surface area contributed by atoms with Crippen molar-refractivity contribution in [2.75, 3.05) is 11.9 Å². The Hall–Kier alpha value is -3.55. The van der Waals surface area contributed by atoms with Crippen molar-refractivity contribution in [3.05, 3.63) is 83.6 Å². The van der Waals surface area contributed by atoms with Gasteiger partial charge >= 0.3 is 12.1 Å². The molecule has 0 saturated carbocycles. The fourth-order valence-corrected chi connectivity index (χ4v) is 2.68. The van der Waals surface area contributed by atoms with Gasteiger partial charge in [-0.15, -0.1) is 0 Å². The van der Waals surface area contributed by atoms with Gasteiger partial charge in [0.1, 0.15) is 5.75 Å². The number of hydrogen-bond donors (Lipinski definition) is 1. The van der Waals surface area contributed by atoms with Crippen LogP contribution in [0.2, 0.25) is 0 Å². The number of alkyl halides is 3. The van der Waals surface area contributed by atoms with Gasteiger partial charge in [0.15, 0.2) is 5.69 Å². The molecule has 1 heterocycles. The number of aromatic nitrogens is 1. The molecule has 0 aliphatic heterocycles. The zero-order chi connectivity index (χ0) is 21.0. The Labute approximate surface area is 165 Å². The van der Waals surface area contributed by atoms with Gasteiger partial charge in [-0.1, -0.05) is 36.4 Å². The number of rotatable bonds is 6. The summed E-state index contributed by atoms with van der Waals surface area (Å²) in [5.74, 6) is -1.47. The molecule has 0 unspecified atom stereocenters. The summed E-state index contributed by atoms with van der Waals surface area (Å²) in [5.41, 5.74) is 0.363. The van der Waals surface area contributed by atoms with Crippen LogP contribution in [0.1, 0.15) is 21.6 Å². The highest BCUT2D eigenvalue weighted by Crippen LogP contribution is 2.33. The quantitative estimate of drug-likeness (QED) is 0.612. The van der Waals surface area contributed by atoms with Crippen LogP contribution >= 0.6 is 0 Å². The summed E-state index contributed by atoms with van der Waals surface area (Å²) >= 11 is 0. The second kappa shape index (κ2) is 8.22. The number of ether oxygens (including phenoxy) is 1. The lowest BCUT2D eigenvalue weighted by atomic mass is 10.2. The van der Waals surface area contributed by atoms with E-state index in [2.05, 4.69) is 4.98 Å². The average molecular weight is 402 g/mol. The smallest absolute Gasteiger partial charge is 0.416 e. The van der Waals surface area contributed by atoms with Crippen molar-refractivity contribution in [3.63, 3.8) is 0 Å². The van der Waals surface area contributed by atoms with E-state index in [1.807, 2.05) is 30.3 Å². The van der Waals surface area contributed by atoms with Crippen molar-refractivity contribution in [1.82, 2.24) is 4.98 Å². The molecule has 3 aromatic rings. The first-order valence-corrected chi connectivity index (χ1v) is 8.58. The highest BCUT2D eigenvalue weighted by Gasteiger charge is 2.30. The lowest BCUT2D eigenvalue weighted by molar-refractivity contribution is -0.137. The fraction of sp³-hybridized carbons (Fsp3) is 0.143. The molecule has 150 valence electrons. The average Bonchev–Trinajstić information content (AvgIpc) is 2.68. The summed E-state index contributed by atoms with van der Waals surface area (Å²) in [5, 5.41) is 9.34. The third-order valence-electron chi connectivity index (χ3n) is 4.09. The van der Waals surface area contributed by atoms with Gasteiger partial charge in [0.25, 0.3) is 0 Å². The third kappa shape index (κ3) is 5.25. The molecule has 8 heteroatoms. The first-order valence-electron chi connectivity index (χ1n) is 8.58. The maximum atomic E-state index is 12.9. The van der Waals surface area contributed by atoms with Crippen LogP contribution in [0.3, 0.4) is 0 Å². The number of benzene rings is 2. The fourth-order valence-electron chi connectivity index (χ4n) is 2.68. The molecule has 0 amide bonds. The molecule has 0 aliphatic carbocycles. The van der Waals surface area contributed by atoms with Crippen LogP contribution in [0.5, 0.6) is 11.6 Å². The highest BCUT2D eigenvalue weighted by molar-refractivity contribution is 5.86. The Bertz CT molecular complexity index is 1010. The van der Waals surface area contributed by atoms with Crippen LogP contribution < -0.4 is 9.64 Å². The first kappa shape index (κ1) is 20.2. The molecule has 0 fully saturated rings. The van der Waals surface area contributed by atoms with Gasteiger partial charge in [-0.2, -0.15) is 13.2 Å². The van der Waals surface area contributed by atoms with Crippen LogP contribution in [0.15, 0.2) is 66.7 Å². The van der Waals surface area contributed by atoms with E-state index in [0.29, 0.717) is 12.2 Å². The second-order valence-electron chi connectivity index (χ2n) is 6.32. The van der Waals surface area contributed by atoms with Crippen molar-refractivity contribution in [3.8, 4) is 11.6 Å². The maximum absolute atomic E-state index is 12.9. The number of hydrogen-bond acceptors (Lipinski definition) is 4. The van der Waals surface area contributed by atoms with Gasteiger partial charge in [-0.05, 0) is 29.8 Å². The monoisotopic (exact) mass is 402 g/mol. The van der Waals surface area contributed by atoms with E-state index in [0.717, 1.165) is 17.7 Å². The molecule has 0 spiro atoms. The Kier molecular flexibility index (Phi) is 5.72. The molecule has 1 aromatic heterocycles. The normalized spacial score (nSPS) is 11.2. The molecule has 0 atom stereocenters. The van der Waals surface area contributed by atoms with Crippen molar-refractivity contribution in [1.29, 1.82) is 0 Å². The van der Waals surface area contributed by atoms with Crippen molar-refractivity contribution < 1.29 is 27.8 Å². The summed E-state index contributed by atoms with van der Waals surface area (Å²) in [6.07, 6.45) is -4.52. The van der Waals surface area contributed by atoms with Crippen LogP contribution in [0.4, 0.5) is 18.9 Å². The van der Waals surface area contributed by atoms with Gasteiger partial charge in [-0.3, -0.25) is 0 Å². The third-order valence-corrected chi connectivity index (χ3v) is 4.09. The van der Waals surface area contributed by atoms with E-state index in [1.165, 1.54) is 24.3 Å². The Balaban J connectivity index is 1.90. The lowest BCUT2D eigenvalue weighted by Gasteiger charge is -2.20. The SMILES string of the molecule is CN(Cc1ccccc1)c1cc(Oc2cccc(C(F)(F)F)c2)nc(C(=O)O)c1. The van der Waals surface area contributed by atoms with Gasteiger partial charge in [0, 0.05) is 25.3 Å². The number of anilines is 1. The second-order valence-corrected chi connectivity index (χ2v) is 6.32. The number of pyridine rings is 1. The number of carboxylic acids is 1. The highest BCUT2D eigenvalue weighted by atomic mass is 19.4. The van der Waals surface area contributed by atoms with Crippen molar-refractivity contribution >= 4 is 11.7 Å². The number of aromatic carboxylic acids is 1. The van der Waals surface area contributed by atoms with Crippen molar-refractivity contribution in [2.45, 2.75) is 12.7 Å². The molecule has 2 aromatic carbocycles. The molecule has 29 heavy (non-hydrogen) atoms. The van der Waals surface area contributed by atoms with Crippen LogP contribution in [-0.4, -0.2) is 23.1 Å². The molecular formula is C21H17F3N2O3. The number of carboxylic acid groups (broad SMARTS) is 1. The van der Waals surface area contributed by atoms with Crippen LogP contribution in [0.25, 0.3) is 0 Å². The Morgan fingerprint density at radius 2 is 1.79 bits per heavy atom. The molecule has 3 rings (SSSR count). The standard InChI is InChI=1S/C21H17F3N2O3/c1-26(13-14-6-3-2-4-7-14)16-11-18(20(27)28)25-19(12-16)29-17-9-5-8-15(10-17)21(22,23)24/h2-12H,13H2,1H3,(H,27,28). The van der Waals surface area contributed by atoms with Gasteiger partial charge in [0.05, 0.1) is 5.56 Å². The molecule has 1 N–H and O–H groups in total. The summed E-state index contributed by atoms with van der Waals surface area (Å²) < 4.78 is 44.1. The largest absolute Gasteiger partial charge is 0.477 e. The topological polar surface area (TPSA) is 62.7 Å². The molecule has 5 nitrogen and oxygen atoms in total. The minimum atomic E-state index is -4.52. The Morgan fingerprint density at radius 1 is 1.07 bits per heavy atom. The van der Waals surface area contributed by atoms with E-state index >= 15 is 0 Å². The number of nitrogens with zero attached hydrogens (tertiary/aromatic N) is 2. The van der Waals surface area contributed by atoms with Crippen LogP contribution in [-0.2, 0) is 12.7 Å². The summed E-state index contributed by atoms with van der Waals surface area (Å²) in [6, 6.07) is 16.7. The van der Waals surface area contributed by atoms with Gasteiger partial charge < -0.3 is 14.7 Å². The minimum absolute atomic E-state index is 0.0912. The van der Waals surface area contributed by atoms with E-state index in [1.54, 1.807) is 11.9 Å². The van der Waals surface area contributed by atoms with E-state index in [-0.39, 0.29) is 17.3 Å². The predicted octanol–water partition coefficient (Wildman–Crippen LogP) is 5.23. The lowest BCUT2D eigenvalue weighted by Crippen LogP contribution is -2.17. The minimum Gasteiger partial charge on any atom is -0.477 e.